The second kappa shape index (κ2) is 6.24. The number of hydrogen-bond acceptors (Lipinski definition) is 2. The first-order valence-electron chi connectivity index (χ1n) is 7.36. The largest absolute Gasteiger partial charge is 0.310 e. The number of aromatic nitrogens is 2. The van der Waals surface area contributed by atoms with Crippen molar-refractivity contribution in [3.8, 4) is 5.69 Å². The van der Waals surface area contributed by atoms with Gasteiger partial charge in [-0.25, -0.2) is 4.68 Å². The molecule has 0 fully saturated rings. The van der Waals surface area contributed by atoms with Crippen LogP contribution in [-0.4, -0.2) is 15.7 Å². The fourth-order valence-corrected chi connectivity index (χ4v) is 2.15. The number of carbonyl (C=O) groups excluding carboxylic acids is 1. The summed E-state index contributed by atoms with van der Waals surface area (Å²) >= 11 is 3.43. The molecular weight excluding hydrogens is 342 g/mol. The van der Waals surface area contributed by atoms with Crippen LogP contribution in [0.15, 0.2) is 34.8 Å². The van der Waals surface area contributed by atoms with Crippen molar-refractivity contribution in [3.63, 3.8) is 0 Å². The third-order valence-electron chi connectivity index (χ3n) is 3.32. The van der Waals surface area contributed by atoms with Crippen LogP contribution >= 0.6 is 15.9 Å². The molecule has 118 valence electrons. The molecule has 4 nitrogen and oxygen atoms in total. The van der Waals surface area contributed by atoms with Crippen LogP contribution in [0.5, 0.6) is 0 Å². The molecule has 1 N–H and O–H groups in total. The lowest BCUT2D eigenvalue weighted by Crippen LogP contribution is -2.19. The Bertz CT molecular complexity index is 666. The number of rotatable bonds is 3. The van der Waals surface area contributed by atoms with Gasteiger partial charge in [0.05, 0.1) is 11.4 Å². The van der Waals surface area contributed by atoms with E-state index in [1.54, 1.807) is 4.68 Å². The van der Waals surface area contributed by atoms with Gasteiger partial charge in [-0.2, -0.15) is 5.10 Å². The highest BCUT2D eigenvalue weighted by Crippen LogP contribution is 2.27. The van der Waals surface area contributed by atoms with Gasteiger partial charge in [0.25, 0.3) is 0 Å². The Balaban J connectivity index is 2.48. The first-order chi connectivity index (χ1) is 10.2. The third kappa shape index (κ3) is 3.77. The molecular formula is C17H22BrN3O. The zero-order valence-corrected chi connectivity index (χ0v) is 15.2. The average Bonchev–Trinajstić information content (AvgIpc) is 2.83. The van der Waals surface area contributed by atoms with Gasteiger partial charge in [0.15, 0.2) is 0 Å². The van der Waals surface area contributed by atoms with Crippen molar-refractivity contribution in [3.05, 3.63) is 40.5 Å². The third-order valence-corrected chi connectivity index (χ3v) is 3.85. The van der Waals surface area contributed by atoms with Gasteiger partial charge in [-0.3, -0.25) is 4.79 Å². The Morgan fingerprint density at radius 2 is 1.82 bits per heavy atom. The van der Waals surface area contributed by atoms with Crippen LogP contribution < -0.4 is 5.32 Å². The van der Waals surface area contributed by atoms with Crippen LogP contribution in [0.1, 0.15) is 40.3 Å². The number of hydrogen-bond donors (Lipinski definition) is 1. The normalized spacial score (nSPS) is 11.8. The average molecular weight is 364 g/mol. The number of benzene rings is 1. The topological polar surface area (TPSA) is 46.9 Å². The Labute approximate surface area is 140 Å². The van der Waals surface area contributed by atoms with Crippen molar-refractivity contribution in [1.82, 2.24) is 9.78 Å². The van der Waals surface area contributed by atoms with Crippen LogP contribution in [0.2, 0.25) is 0 Å². The predicted molar refractivity (Wildman–Crippen MR) is 93.4 cm³/mol. The smallest absolute Gasteiger partial charge is 0.228 e. The number of anilines is 1. The van der Waals surface area contributed by atoms with Crippen molar-refractivity contribution < 1.29 is 4.79 Å². The van der Waals surface area contributed by atoms with Crippen LogP contribution in [0, 0.1) is 5.92 Å². The fourth-order valence-electron chi connectivity index (χ4n) is 1.89. The minimum atomic E-state index is -0.0854. The second-order valence-corrected chi connectivity index (χ2v) is 7.61. The highest BCUT2D eigenvalue weighted by molar-refractivity contribution is 9.10. The molecule has 0 bridgehead atoms. The fraction of sp³-hybridized carbons (Fsp3) is 0.412. The van der Waals surface area contributed by atoms with Gasteiger partial charge in [-0.05, 0) is 24.3 Å². The summed E-state index contributed by atoms with van der Waals surface area (Å²) in [6.45, 7) is 10.1. The first-order valence-corrected chi connectivity index (χ1v) is 8.15. The minimum absolute atomic E-state index is 0.0151. The molecule has 2 aromatic rings. The molecule has 0 saturated carbocycles. The van der Waals surface area contributed by atoms with Gasteiger partial charge in [-0.1, -0.05) is 50.5 Å². The van der Waals surface area contributed by atoms with Crippen LogP contribution in [0.4, 0.5) is 5.82 Å². The minimum Gasteiger partial charge on any atom is -0.310 e. The van der Waals surface area contributed by atoms with Crippen molar-refractivity contribution in [2.45, 2.75) is 40.0 Å². The Morgan fingerprint density at radius 1 is 1.23 bits per heavy atom. The summed E-state index contributed by atoms with van der Waals surface area (Å²) in [6, 6.07) is 9.80. The summed E-state index contributed by atoms with van der Waals surface area (Å²) < 4.78 is 2.79. The maximum atomic E-state index is 12.0. The van der Waals surface area contributed by atoms with Gasteiger partial charge < -0.3 is 5.32 Å². The van der Waals surface area contributed by atoms with Gasteiger partial charge in [0.1, 0.15) is 5.82 Å². The molecule has 0 spiro atoms. The van der Waals surface area contributed by atoms with E-state index in [2.05, 4.69) is 47.1 Å². The van der Waals surface area contributed by atoms with Crippen LogP contribution in [0.3, 0.4) is 0 Å². The molecule has 1 heterocycles. The maximum absolute atomic E-state index is 12.0. The number of nitrogens with zero attached hydrogens (tertiary/aromatic N) is 2. The van der Waals surface area contributed by atoms with Gasteiger partial charge in [-0.15, -0.1) is 0 Å². The van der Waals surface area contributed by atoms with Crippen molar-refractivity contribution >= 4 is 27.7 Å². The van der Waals surface area contributed by atoms with Gasteiger partial charge in [0, 0.05) is 21.9 Å². The molecule has 5 heteroatoms. The molecule has 1 aromatic heterocycles. The molecule has 0 atom stereocenters. The van der Waals surface area contributed by atoms with E-state index in [0.29, 0.717) is 5.82 Å². The van der Waals surface area contributed by atoms with Crippen LogP contribution in [-0.2, 0) is 10.2 Å². The molecule has 0 aliphatic rings. The van der Waals surface area contributed by atoms with E-state index in [1.807, 2.05) is 44.2 Å². The zero-order chi connectivity index (χ0) is 16.5. The lowest BCUT2D eigenvalue weighted by atomic mass is 9.92. The number of carbonyl (C=O) groups is 1. The lowest BCUT2D eigenvalue weighted by Gasteiger charge is -2.14. The molecule has 0 radical (unpaired) electrons. The van der Waals surface area contributed by atoms with E-state index in [0.717, 1.165) is 15.9 Å². The molecule has 0 unspecified atom stereocenters. The predicted octanol–water partition coefficient (Wildman–Crippen LogP) is 4.53. The maximum Gasteiger partial charge on any atom is 0.228 e. The van der Waals surface area contributed by atoms with E-state index in [-0.39, 0.29) is 17.2 Å². The standard InChI is InChI=1S/C17H22BrN3O/c1-11(2)16(22)19-15-10-14(17(3,4)5)20-21(15)13-8-6-12(18)7-9-13/h6-11H,1-5H3,(H,19,22). The summed E-state index contributed by atoms with van der Waals surface area (Å²) in [6.07, 6.45) is 0. The SMILES string of the molecule is CC(C)C(=O)Nc1cc(C(C)(C)C)nn1-c1ccc(Br)cc1. The second-order valence-electron chi connectivity index (χ2n) is 6.70. The van der Waals surface area contributed by atoms with Gasteiger partial charge in [0.2, 0.25) is 5.91 Å². The van der Waals surface area contributed by atoms with Crippen molar-refractivity contribution in [2.75, 3.05) is 5.32 Å². The Morgan fingerprint density at radius 3 is 2.32 bits per heavy atom. The monoisotopic (exact) mass is 363 g/mol. The molecule has 0 saturated heterocycles. The van der Waals surface area contributed by atoms with Crippen LogP contribution in [0.25, 0.3) is 5.69 Å². The molecule has 22 heavy (non-hydrogen) atoms. The highest BCUT2D eigenvalue weighted by Gasteiger charge is 2.22. The van der Waals surface area contributed by atoms with E-state index in [1.165, 1.54) is 0 Å². The van der Waals surface area contributed by atoms with Crippen molar-refractivity contribution in [1.29, 1.82) is 0 Å². The van der Waals surface area contributed by atoms with Gasteiger partial charge >= 0.3 is 0 Å². The quantitative estimate of drug-likeness (QED) is 0.870. The lowest BCUT2D eigenvalue weighted by molar-refractivity contribution is -0.118. The van der Waals surface area contributed by atoms with E-state index < -0.39 is 0 Å². The van der Waals surface area contributed by atoms with E-state index in [9.17, 15) is 4.79 Å². The number of halogens is 1. The summed E-state index contributed by atoms with van der Waals surface area (Å²) in [7, 11) is 0. The molecule has 2 rings (SSSR count). The summed E-state index contributed by atoms with van der Waals surface area (Å²) in [5, 5.41) is 7.65. The molecule has 1 aromatic carbocycles. The highest BCUT2D eigenvalue weighted by atomic mass is 79.9. The molecule has 0 aliphatic carbocycles. The van der Waals surface area contributed by atoms with E-state index in [4.69, 9.17) is 0 Å². The number of nitrogens with one attached hydrogen (secondary N) is 1. The Hall–Kier alpha value is -1.62. The Kier molecular flexibility index (Phi) is 4.75. The summed E-state index contributed by atoms with van der Waals surface area (Å²) in [4.78, 5) is 12.0. The summed E-state index contributed by atoms with van der Waals surface area (Å²) in [5.74, 6) is 0.607. The molecule has 1 amide bonds. The van der Waals surface area contributed by atoms with E-state index >= 15 is 0 Å². The van der Waals surface area contributed by atoms with Crippen molar-refractivity contribution in [2.24, 2.45) is 5.92 Å². The first kappa shape index (κ1) is 16.7. The zero-order valence-electron chi connectivity index (χ0n) is 13.6. The number of amides is 1. The summed E-state index contributed by atoms with van der Waals surface area (Å²) in [5.41, 5.74) is 1.77. The molecule has 0 aliphatic heterocycles.